The summed E-state index contributed by atoms with van der Waals surface area (Å²) in [6.45, 7) is 2.14. The lowest BCUT2D eigenvalue weighted by molar-refractivity contribution is -0.275. The van der Waals surface area contributed by atoms with Gasteiger partial charge in [0.15, 0.2) is 11.5 Å². The number of hydrogen-bond donors (Lipinski definition) is 0. The molecule has 2 aliphatic rings. The Kier molecular flexibility index (Phi) is 4.74. The molecule has 1 aromatic carbocycles. The van der Waals surface area contributed by atoms with E-state index in [1.807, 2.05) is 6.07 Å². The molecule has 0 radical (unpaired) electrons. The van der Waals surface area contributed by atoms with Crippen molar-refractivity contribution in [3.63, 3.8) is 0 Å². The van der Waals surface area contributed by atoms with Crippen molar-refractivity contribution in [2.75, 3.05) is 6.61 Å². The molecule has 2 saturated carbocycles. The lowest BCUT2D eigenvalue weighted by atomic mass is 10.0. The minimum Gasteiger partial charge on any atom is -0.490 e. The Hall–Kier alpha value is -1.39. The predicted octanol–water partition coefficient (Wildman–Crippen LogP) is 5.73. The highest BCUT2D eigenvalue weighted by atomic mass is 19.4. The predicted molar refractivity (Wildman–Crippen MR) is 81.9 cm³/mol. The molecule has 0 saturated heterocycles. The highest BCUT2D eigenvalue weighted by molar-refractivity contribution is 5.52. The summed E-state index contributed by atoms with van der Waals surface area (Å²) < 4.78 is 48.2. The minimum atomic E-state index is -4.70. The van der Waals surface area contributed by atoms with Crippen LogP contribution in [0, 0.1) is 12.8 Å². The van der Waals surface area contributed by atoms with Gasteiger partial charge in [0.05, 0.1) is 6.61 Å². The van der Waals surface area contributed by atoms with E-state index in [1.165, 1.54) is 25.7 Å². The molecule has 0 N–H and O–H groups in total. The molecular formula is C18H23F3O2. The van der Waals surface area contributed by atoms with Gasteiger partial charge >= 0.3 is 6.36 Å². The number of rotatable bonds is 6. The van der Waals surface area contributed by atoms with E-state index in [-0.39, 0.29) is 11.5 Å². The van der Waals surface area contributed by atoms with Crippen LogP contribution < -0.4 is 9.47 Å². The largest absolute Gasteiger partial charge is 0.573 e. The number of halogens is 3. The van der Waals surface area contributed by atoms with Gasteiger partial charge in [0.2, 0.25) is 0 Å². The Morgan fingerprint density at radius 2 is 1.78 bits per heavy atom. The zero-order valence-electron chi connectivity index (χ0n) is 13.4. The fourth-order valence-corrected chi connectivity index (χ4v) is 3.51. The Bertz CT molecular complexity index is 544. The van der Waals surface area contributed by atoms with Crippen LogP contribution in [0.3, 0.4) is 0 Å². The van der Waals surface area contributed by atoms with Gasteiger partial charge in [0, 0.05) is 0 Å². The van der Waals surface area contributed by atoms with Gasteiger partial charge in [-0.1, -0.05) is 31.7 Å². The molecule has 0 heterocycles. The van der Waals surface area contributed by atoms with Crippen molar-refractivity contribution in [3.05, 3.63) is 23.3 Å². The third kappa shape index (κ3) is 4.33. The number of alkyl halides is 3. The second kappa shape index (κ2) is 6.62. The van der Waals surface area contributed by atoms with Crippen LogP contribution in [-0.4, -0.2) is 13.0 Å². The molecule has 2 nitrogen and oxygen atoms in total. The van der Waals surface area contributed by atoms with E-state index in [9.17, 15) is 13.2 Å². The summed E-state index contributed by atoms with van der Waals surface area (Å²) in [4.78, 5) is 0. The number of benzene rings is 1. The molecule has 0 unspecified atom stereocenters. The third-order valence-electron chi connectivity index (χ3n) is 4.91. The summed E-state index contributed by atoms with van der Waals surface area (Å²) in [7, 11) is 0. The van der Waals surface area contributed by atoms with E-state index >= 15 is 0 Å². The summed E-state index contributed by atoms with van der Waals surface area (Å²) in [5, 5.41) is 0. The molecule has 2 aliphatic carbocycles. The molecule has 1 aromatic rings. The third-order valence-corrected chi connectivity index (χ3v) is 4.91. The quantitative estimate of drug-likeness (QED) is 0.664. The maximum absolute atomic E-state index is 12.7. The van der Waals surface area contributed by atoms with Crippen LogP contribution in [0.5, 0.6) is 11.5 Å². The maximum atomic E-state index is 12.7. The highest BCUT2D eigenvalue weighted by Gasteiger charge is 2.35. The van der Waals surface area contributed by atoms with E-state index in [0.29, 0.717) is 24.0 Å². The molecule has 23 heavy (non-hydrogen) atoms. The second-order valence-corrected chi connectivity index (χ2v) is 6.72. The van der Waals surface area contributed by atoms with Crippen molar-refractivity contribution in [1.29, 1.82) is 0 Å². The Morgan fingerprint density at radius 1 is 1.09 bits per heavy atom. The van der Waals surface area contributed by atoms with Crippen LogP contribution in [0.4, 0.5) is 13.2 Å². The normalized spacial score (nSPS) is 19.1. The smallest absolute Gasteiger partial charge is 0.490 e. The summed E-state index contributed by atoms with van der Waals surface area (Å²) in [6, 6.07) is 3.53. The van der Waals surface area contributed by atoms with E-state index in [4.69, 9.17) is 4.74 Å². The van der Waals surface area contributed by atoms with E-state index < -0.39 is 6.36 Å². The standard InChI is InChI=1S/C18H23F3O2/c1-12-15(14-6-7-14)8-9-16(17(12)23-18(19,20)21)22-11-10-13-4-2-3-5-13/h8-9,13-14H,2-7,10-11H2,1H3. The molecule has 0 bridgehead atoms. The van der Waals surface area contributed by atoms with Gasteiger partial charge < -0.3 is 9.47 Å². The molecule has 5 heteroatoms. The zero-order valence-corrected chi connectivity index (χ0v) is 13.4. The van der Waals surface area contributed by atoms with Crippen molar-refractivity contribution in [2.24, 2.45) is 5.92 Å². The SMILES string of the molecule is Cc1c(C2CC2)ccc(OCCC2CCCC2)c1OC(F)(F)F. The molecular weight excluding hydrogens is 305 g/mol. The van der Waals surface area contributed by atoms with Crippen molar-refractivity contribution >= 4 is 0 Å². The van der Waals surface area contributed by atoms with Crippen LogP contribution in [0.25, 0.3) is 0 Å². The minimum absolute atomic E-state index is 0.159. The van der Waals surface area contributed by atoms with Gasteiger partial charge in [0.25, 0.3) is 0 Å². The van der Waals surface area contributed by atoms with Crippen LogP contribution >= 0.6 is 0 Å². The molecule has 0 spiro atoms. The fraction of sp³-hybridized carbons (Fsp3) is 0.667. The maximum Gasteiger partial charge on any atom is 0.573 e. The van der Waals surface area contributed by atoms with E-state index in [1.54, 1.807) is 13.0 Å². The van der Waals surface area contributed by atoms with Gasteiger partial charge in [-0.15, -0.1) is 13.2 Å². The molecule has 2 fully saturated rings. The van der Waals surface area contributed by atoms with E-state index in [0.717, 1.165) is 24.8 Å². The monoisotopic (exact) mass is 328 g/mol. The number of ether oxygens (including phenoxy) is 2. The first-order valence-electron chi connectivity index (χ1n) is 8.46. The summed E-state index contributed by atoms with van der Waals surface area (Å²) in [5.41, 5.74) is 1.51. The molecule has 128 valence electrons. The van der Waals surface area contributed by atoms with Crippen molar-refractivity contribution in [3.8, 4) is 11.5 Å². The van der Waals surface area contributed by atoms with Crippen LogP contribution in [0.15, 0.2) is 12.1 Å². The number of hydrogen-bond acceptors (Lipinski definition) is 2. The molecule has 0 amide bonds. The molecule has 3 rings (SSSR count). The highest BCUT2D eigenvalue weighted by Crippen LogP contribution is 2.47. The van der Waals surface area contributed by atoms with Gasteiger partial charge in [-0.05, 0) is 55.2 Å². The summed E-state index contributed by atoms with van der Waals surface area (Å²) in [6.07, 6.45) is 3.18. The van der Waals surface area contributed by atoms with Crippen LogP contribution in [0.2, 0.25) is 0 Å². The van der Waals surface area contributed by atoms with Crippen molar-refractivity contribution in [1.82, 2.24) is 0 Å². The first kappa shape index (κ1) is 16.5. The second-order valence-electron chi connectivity index (χ2n) is 6.72. The van der Waals surface area contributed by atoms with Crippen LogP contribution in [0.1, 0.15) is 62.0 Å². The molecule has 0 aromatic heterocycles. The average Bonchev–Trinajstić information content (AvgIpc) is 3.18. The van der Waals surface area contributed by atoms with Gasteiger partial charge in [0.1, 0.15) is 0 Å². The topological polar surface area (TPSA) is 18.5 Å². The lowest BCUT2D eigenvalue weighted by Gasteiger charge is -2.19. The van der Waals surface area contributed by atoms with Crippen molar-refractivity contribution in [2.45, 2.75) is 64.1 Å². The summed E-state index contributed by atoms with van der Waals surface area (Å²) >= 11 is 0. The zero-order chi connectivity index (χ0) is 16.4. The summed E-state index contributed by atoms with van der Waals surface area (Å²) in [5.74, 6) is 1.07. The van der Waals surface area contributed by atoms with Gasteiger partial charge in [-0.2, -0.15) is 0 Å². The Morgan fingerprint density at radius 3 is 2.39 bits per heavy atom. The molecule has 0 aliphatic heterocycles. The Labute approximate surface area is 135 Å². The fourth-order valence-electron chi connectivity index (χ4n) is 3.51. The average molecular weight is 328 g/mol. The molecule has 0 atom stereocenters. The first-order chi connectivity index (χ1) is 10.9. The Balaban J connectivity index is 1.72. The van der Waals surface area contributed by atoms with E-state index in [2.05, 4.69) is 4.74 Å². The van der Waals surface area contributed by atoms with Crippen LogP contribution in [-0.2, 0) is 0 Å². The van der Waals surface area contributed by atoms with Gasteiger partial charge in [-0.3, -0.25) is 0 Å². The first-order valence-corrected chi connectivity index (χ1v) is 8.46. The van der Waals surface area contributed by atoms with Gasteiger partial charge in [-0.25, -0.2) is 0 Å². The lowest BCUT2D eigenvalue weighted by Crippen LogP contribution is -2.19. The van der Waals surface area contributed by atoms with Crippen molar-refractivity contribution < 1.29 is 22.6 Å².